The number of benzene rings is 3. The van der Waals surface area contributed by atoms with Gasteiger partial charge in [0.05, 0.1) is 20.3 Å². The van der Waals surface area contributed by atoms with Crippen LogP contribution in [0.2, 0.25) is 0 Å². The Kier molecular flexibility index (Phi) is 6.97. The molecular weight excluding hydrogens is 402 g/mol. The highest BCUT2D eigenvalue weighted by Gasteiger charge is 2.23. The van der Waals surface area contributed by atoms with E-state index in [1.807, 2.05) is 60.7 Å². The Morgan fingerprint density at radius 3 is 2.00 bits per heavy atom. The molecular formula is C27H29NO4. The van der Waals surface area contributed by atoms with E-state index in [4.69, 9.17) is 18.9 Å². The molecule has 1 atom stereocenters. The predicted molar refractivity (Wildman–Crippen MR) is 126 cm³/mol. The Morgan fingerprint density at radius 1 is 0.844 bits per heavy atom. The van der Waals surface area contributed by atoms with E-state index in [2.05, 4.69) is 18.0 Å². The molecule has 0 saturated heterocycles. The van der Waals surface area contributed by atoms with Crippen LogP contribution in [0.15, 0.2) is 73.3 Å². The molecule has 0 spiro atoms. The second kappa shape index (κ2) is 10.2. The Bertz CT molecular complexity index is 1040. The van der Waals surface area contributed by atoms with E-state index < -0.39 is 0 Å². The summed E-state index contributed by atoms with van der Waals surface area (Å²) < 4.78 is 22.9. The summed E-state index contributed by atoms with van der Waals surface area (Å²) in [5.41, 5.74) is 4.51. The minimum absolute atomic E-state index is 0.0558. The summed E-state index contributed by atoms with van der Waals surface area (Å²) in [6.07, 6.45) is 2.84. The smallest absolute Gasteiger partial charge is 0.128 e. The van der Waals surface area contributed by atoms with Gasteiger partial charge in [-0.3, -0.25) is 0 Å². The van der Waals surface area contributed by atoms with Gasteiger partial charge in [-0.25, -0.2) is 0 Å². The molecule has 1 aliphatic heterocycles. The van der Waals surface area contributed by atoms with Gasteiger partial charge in [0.1, 0.15) is 36.2 Å². The number of methoxy groups -OCH3 is 2. The number of ether oxygens (including phenoxy) is 4. The third-order valence-corrected chi connectivity index (χ3v) is 5.62. The van der Waals surface area contributed by atoms with E-state index in [-0.39, 0.29) is 6.04 Å². The molecule has 0 fully saturated rings. The molecule has 3 aromatic rings. The van der Waals surface area contributed by atoms with Crippen molar-refractivity contribution in [3.05, 3.63) is 95.6 Å². The van der Waals surface area contributed by atoms with Gasteiger partial charge in [0.2, 0.25) is 0 Å². The highest BCUT2D eigenvalue weighted by atomic mass is 16.5. The quantitative estimate of drug-likeness (QED) is 0.470. The van der Waals surface area contributed by atoms with Crippen LogP contribution in [0, 0.1) is 0 Å². The summed E-state index contributed by atoms with van der Waals surface area (Å²) in [4.78, 5) is 0. The largest absolute Gasteiger partial charge is 0.497 e. The molecule has 1 heterocycles. The molecule has 0 amide bonds. The molecule has 0 bridgehead atoms. The fourth-order valence-electron chi connectivity index (χ4n) is 3.86. The van der Waals surface area contributed by atoms with Gasteiger partial charge in [-0.1, -0.05) is 30.3 Å². The van der Waals surface area contributed by atoms with Crippen molar-refractivity contribution in [2.24, 2.45) is 0 Å². The lowest BCUT2D eigenvalue weighted by molar-refractivity contribution is 0.284. The maximum Gasteiger partial charge on any atom is 0.128 e. The van der Waals surface area contributed by atoms with Crippen molar-refractivity contribution in [2.75, 3.05) is 20.8 Å². The van der Waals surface area contributed by atoms with Gasteiger partial charge >= 0.3 is 0 Å². The van der Waals surface area contributed by atoms with Crippen LogP contribution < -0.4 is 24.3 Å². The van der Waals surface area contributed by atoms with Crippen LogP contribution in [0.4, 0.5) is 0 Å². The highest BCUT2D eigenvalue weighted by molar-refractivity contribution is 5.51. The minimum Gasteiger partial charge on any atom is -0.497 e. The van der Waals surface area contributed by atoms with Crippen LogP contribution >= 0.6 is 0 Å². The molecule has 0 aromatic heterocycles. The fourth-order valence-corrected chi connectivity index (χ4v) is 3.86. The summed E-state index contributed by atoms with van der Waals surface area (Å²) in [6.45, 7) is 5.83. The van der Waals surface area contributed by atoms with Crippen molar-refractivity contribution < 1.29 is 18.9 Å². The van der Waals surface area contributed by atoms with E-state index in [0.717, 1.165) is 52.7 Å². The summed E-state index contributed by atoms with van der Waals surface area (Å²) in [7, 11) is 3.33. The maximum absolute atomic E-state index is 6.29. The first-order valence-electron chi connectivity index (χ1n) is 10.7. The number of hydrogen-bond donors (Lipinski definition) is 1. The highest BCUT2D eigenvalue weighted by Crippen LogP contribution is 2.37. The molecule has 4 rings (SSSR count). The van der Waals surface area contributed by atoms with Gasteiger partial charge in [0.15, 0.2) is 0 Å². The Balaban J connectivity index is 1.55. The Hall–Kier alpha value is -3.44. The van der Waals surface area contributed by atoms with Crippen molar-refractivity contribution in [3.8, 4) is 23.0 Å². The molecule has 32 heavy (non-hydrogen) atoms. The lowest BCUT2D eigenvalue weighted by Crippen LogP contribution is -2.29. The van der Waals surface area contributed by atoms with Crippen molar-refractivity contribution in [1.82, 2.24) is 5.32 Å². The zero-order chi connectivity index (χ0) is 22.3. The molecule has 0 aliphatic carbocycles. The van der Waals surface area contributed by atoms with Crippen molar-refractivity contribution >= 4 is 0 Å². The summed E-state index contributed by atoms with van der Waals surface area (Å²) >= 11 is 0. The molecule has 0 radical (unpaired) electrons. The van der Waals surface area contributed by atoms with Crippen LogP contribution in [0.3, 0.4) is 0 Å². The van der Waals surface area contributed by atoms with E-state index in [0.29, 0.717) is 13.2 Å². The molecule has 5 nitrogen and oxygen atoms in total. The molecule has 0 saturated carbocycles. The lowest BCUT2D eigenvalue weighted by atomic mass is 9.93. The zero-order valence-corrected chi connectivity index (χ0v) is 18.6. The zero-order valence-electron chi connectivity index (χ0n) is 18.6. The summed E-state index contributed by atoms with van der Waals surface area (Å²) in [5.74, 6) is 3.28. The van der Waals surface area contributed by atoms with Crippen LogP contribution in [0.5, 0.6) is 23.0 Å². The lowest BCUT2D eigenvalue weighted by Gasteiger charge is -2.27. The summed E-state index contributed by atoms with van der Waals surface area (Å²) in [5, 5.41) is 3.50. The first-order chi connectivity index (χ1) is 15.7. The maximum atomic E-state index is 6.29. The van der Waals surface area contributed by atoms with Gasteiger partial charge in [-0.05, 0) is 53.4 Å². The number of rotatable bonds is 9. The molecule has 166 valence electrons. The van der Waals surface area contributed by atoms with Crippen LogP contribution in [-0.2, 0) is 19.6 Å². The van der Waals surface area contributed by atoms with Gasteiger partial charge in [0, 0.05) is 18.2 Å². The van der Waals surface area contributed by atoms with Crippen LogP contribution in [-0.4, -0.2) is 20.8 Å². The fraction of sp³-hybridized carbons (Fsp3) is 0.259. The third-order valence-electron chi connectivity index (χ3n) is 5.62. The second-order valence-corrected chi connectivity index (χ2v) is 7.69. The Labute approximate surface area is 189 Å². The van der Waals surface area contributed by atoms with Crippen LogP contribution in [0.1, 0.15) is 28.3 Å². The van der Waals surface area contributed by atoms with Crippen molar-refractivity contribution in [1.29, 1.82) is 0 Å². The summed E-state index contributed by atoms with van der Waals surface area (Å²) in [6, 6.07) is 20.0. The molecule has 1 N–H and O–H groups in total. The van der Waals surface area contributed by atoms with Crippen LogP contribution in [0.25, 0.3) is 0 Å². The van der Waals surface area contributed by atoms with Gasteiger partial charge in [-0.15, -0.1) is 6.58 Å². The van der Waals surface area contributed by atoms with E-state index >= 15 is 0 Å². The van der Waals surface area contributed by atoms with Crippen molar-refractivity contribution in [2.45, 2.75) is 25.7 Å². The van der Waals surface area contributed by atoms with Gasteiger partial charge in [-0.2, -0.15) is 0 Å². The SMILES string of the molecule is C=C[C@@H]1NCCc2cc(OCc3ccc(OC)cc3)cc(OCc3ccc(OC)cc3)c21. The van der Waals surface area contributed by atoms with E-state index in [1.165, 1.54) is 5.56 Å². The van der Waals surface area contributed by atoms with Gasteiger partial charge in [0.25, 0.3) is 0 Å². The normalized spacial score (nSPS) is 14.9. The third kappa shape index (κ3) is 5.06. The standard InChI is InChI=1S/C27H29NO4/c1-4-25-27-21(13-14-28-25)15-24(31-17-19-5-9-22(29-2)10-6-19)16-26(27)32-18-20-7-11-23(30-3)12-8-20/h4-12,15-16,25,28H,1,13-14,17-18H2,2-3H3/t25-/m0/s1. The molecule has 1 aliphatic rings. The van der Waals surface area contributed by atoms with Gasteiger partial charge < -0.3 is 24.3 Å². The number of fused-ring (bicyclic) bond motifs is 1. The Morgan fingerprint density at radius 2 is 1.44 bits per heavy atom. The van der Waals surface area contributed by atoms with Crippen molar-refractivity contribution in [3.63, 3.8) is 0 Å². The van der Waals surface area contributed by atoms with E-state index in [1.54, 1.807) is 14.2 Å². The first-order valence-corrected chi connectivity index (χ1v) is 10.7. The molecule has 5 heteroatoms. The minimum atomic E-state index is 0.0558. The monoisotopic (exact) mass is 431 g/mol. The first kappa shape index (κ1) is 21.8. The number of nitrogens with one attached hydrogen (secondary N) is 1. The molecule has 0 unspecified atom stereocenters. The molecule has 3 aromatic carbocycles. The topological polar surface area (TPSA) is 49.0 Å². The van der Waals surface area contributed by atoms with E-state index in [9.17, 15) is 0 Å². The second-order valence-electron chi connectivity index (χ2n) is 7.69. The number of hydrogen-bond acceptors (Lipinski definition) is 5. The predicted octanol–water partition coefficient (Wildman–Crippen LogP) is 5.23. The average Bonchev–Trinajstić information content (AvgIpc) is 2.86. The average molecular weight is 432 g/mol.